The van der Waals surface area contributed by atoms with Crippen molar-refractivity contribution in [1.29, 1.82) is 0 Å². The van der Waals surface area contributed by atoms with E-state index in [1.165, 1.54) is 35.3 Å². The highest BCUT2D eigenvalue weighted by molar-refractivity contribution is 7.15. The number of benzene rings is 2. The first-order valence-electron chi connectivity index (χ1n) is 11.4. The maximum absolute atomic E-state index is 12.9. The number of carbonyl (C=O) groups excluding carboxylic acids is 2. The fourth-order valence-corrected chi connectivity index (χ4v) is 5.27. The van der Waals surface area contributed by atoms with E-state index in [1.807, 2.05) is 37.4 Å². The van der Waals surface area contributed by atoms with Gasteiger partial charge >= 0.3 is 5.97 Å². The van der Waals surface area contributed by atoms with Crippen LogP contribution < -0.4 is 10.1 Å². The van der Waals surface area contributed by atoms with Crippen molar-refractivity contribution >= 4 is 28.2 Å². The fraction of sp³-hybridized carbons (Fsp3) is 0.333. The zero-order valence-electron chi connectivity index (χ0n) is 19.3. The Hall–Kier alpha value is -3.12. The van der Waals surface area contributed by atoms with Gasteiger partial charge in [0, 0.05) is 10.9 Å². The SMILES string of the molecule is CCOC(=O)c1c(-c2ccc3c(c2)CCCC3)csc1NC(=O)COc1c(C)cccc1C. The van der Waals surface area contributed by atoms with E-state index in [0.717, 1.165) is 35.1 Å². The number of rotatable bonds is 7. The van der Waals surface area contributed by atoms with E-state index in [9.17, 15) is 9.59 Å². The number of ether oxygens (including phenoxy) is 2. The van der Waals surface area contributed by atoms with Crippen molar-refractivity contribution in [3.05, 3.63) is 69.6 Å². The summed E-state index contributed by atoms with van der Waals surface area (Å²) < 4.78 is 11.1. The summed E-state index contributed by atoms with van der Waals surface area (Å²) in [7, 11) is 0. The van der Waals surface area contributed by atoms with Crippen molar-refractivity contribution in [2.24, 2.45) is 0 Å². The number of fused-ring (bicyclic) bond motifs is 1. The molecule has 1 amide bonds. The Labute approximate surface area is 198 Å². The topological polar surface area (TPSA) is 64.6 Å². The van der Waals surface area contributed by atoms with E-state index < -0.39 is 5.97 Å². The first-order valence-corrected chi connectivity index (χ1v) is 12.3. The quantitative estimate of drug-likeness (QED) is 0.430. The van der Waals surface area contributed by atoms with Gasteiger partial charge in [-0.15, -0.1) is 11.3 Å². The lowest BCUT2D eigenvalue weighted by Crippen LogP contribution is -2.21. The highest BCUT2D eigenvalue weighted by atomic mass is 32.1. The van der Waals surface area contributed by atoms with Gasteiger partial charge in [-0.3, -0.25) is 4.79 Å². The summed E-state index contributed by atoms with van der Waals surface area (Å²) >= 11 is 1.33. The largest absolute Gasteiger partial charge is 0.483 e. The number of anilines is 1. The Balaban J connectivity index is 1.57. The number of nitrogens with one attached hydrogen (secondary N) is 1. The second-order valence-corrected chi connectivity index (χ2v) is 9.20. The van der Waals surface area contributed by atoms with Crippen molar-refractivity contribution in [1.82, 2.24) is 0 Å². The van der Waals surface area contributed by atoms with Gasteiger partial charge in [0.2, 0.25) is 0 Å². The molecule has 1 aliphatic carbocycles. The summed E-state index contributed by atoms with van der Waals surface area (Å²) in [5.74, 6) is -0.0429. The van der Waals surface area contributed by atoms with Crippen molar-refractivity contribution in [3.8, 4) is 16.9 Å². The van der Waals surface area contributed by atoms with Gasteiger partial charge in [0.15, 0.2) is 6.61 Å². The molecule has 0 radical (unpaired) electrons. The van der Waals surface area contributed by atoms with Crippen molar-refractivity contribution in [3.63, 3.8) is 0 Å². The molecular weight excluding hydrogens is 434 g/mol. The van der Waals surface area contributed by atoms with Gasteiger partial charge in [0.1, 0.15) is 16.3 Å². The Bertz CT molecular complexity index is 1160. The van der Waals surface area contributed by atoms with Crippen LogP contribution >= 0.6 is 11.3 Å². The first-order chi connectivity index (χ1) is 16.0. The standard InChI is InChI=1S/C27H29NO4S/c1-4-31-27(30)24-22(21-13-12-19-10-5-6-11-20(19)14-21)16-33-26(24)28-23(29)15-32-25-17(2)8-7-9-18(25)3/h7-9,12-14,16H,4-6,10-11,15H2,1-3H3,(H,28,29). The van der Waals surface area contributed by atoms with Crippen molar-refractivity contribution in [2.45, 2.75) is 46.5 Å². The molecule has 1 heterocycles. The monoisotopic (exact) mass is 463 g/mol. The number of para-hydroxylation sites is 1. The maximum atomic E-state index is 12.9. The molecule has 2 aromatic carbocycles. The molecule has 6 heteroatoms. The molecule has 0 spiro atoms. The van der Waals surface area contributed by atoms with E-state index in [0.29, 0.717) is 16.3 Å². The molecule has 0 bridgehead atoms. The Morgan fingerprint density at radius 2 is 1.76 bits per heavy atom. The van der Waals surface area contributed by atoms with Crippen LogP contribution in [0, 0.1) is 13.8 Å². The molecule has 1 aliphatic rings. The van der Waals surface area contributed by atoms with Crippen LogP contribution in [-0.2, 0) is 22.4 Å². The average molecular weight is 464 g/mol. The zero-order chi connectivity index (χ0) is 23.4. The molecule has 1 N–H and O–H groups in total. The van der Waals surface area contributed by atoms with E-state index >= 15 is 0 Å². The van der Waals surface area contributed by atoms with E-state index in [4.69, 9.17) is 9.47 Å². The number of amides is 1. The minimum absolute atomic E-state index is 0.139. The van der Waals surface area contributed by atoms with Crippen molar-refractivity contribution in [2.75, 3.05) is 18.5 Å². The molecule has 0 aliphatic heterocycles. The molecule has 33 heavy (non-hydrogen) atoms. The molecular formula is C27H29NO4S. The van der Waals surface area contributed by atoms with Crippen LogP contribution in [0.2, 0.25) is 0 Å². The van der Waals surface area contributed by atoms with Crippen LogP contribution in [0.15, 0.2) is 41.8 Å². The Morgan fingerprint density at radius 3 is 2.48 bits per heavy atom. The summed E-state index contributed by atoms with van der Waals surface area (Å²) in [6.45, 7) is 5.80. The van der Waals surface area contributed by atoms with Crippen LogP contribution in [0.3, 0.4) is 0 Å². The van der Waals surface area contributed by atoms with E-state index in [-0.39, 0.29) is 19.1 Å². The van der Waals surface area contributed by atoms with Crippen LogP contribution in [0.5, 0.6) is 5.75 Å². The number of thiophene rings is 1. The number of hydrogen-bond donors (Lipinski definition) is 1. The van der Waals surface area contributed by atoms with Crippen LogP contribution in [0.4, 0.5) is 5.00 Å². The van der Waals surface area contributed by atoms with Crippen LogP contribution in [-0.4, -0.2) is 25.1 Å². The molecule has 1 aromatic heterocycles. The number of aryl methyl sites for hydroxylation is 4. The Morgan fingerprint density at radius 1 is 1.03 bits per heavy atom. The third-order valence-corrected chi connectivity index (χ3v) is 6.83. The van der Waals surface area contributed by atoms with E-state index in [2.05, 4.69) is 23.5 Å². The summed E-state index contributed by atoms with van der Waals surface area (Å²) in [4.78, 5) is 25.6. The molecule has 0 saturated heterocycles. The maximum Gasteiger partial charge on any atom is 0.341 e. The zero-order valence-corrected chi connectivity index (χ0v) is 20.1. The smallest absolute Gasteiger partial charge is 0.341 e. The van der Waals surface area contributed by atoms with E-state index in [1.54, 1.807) is 6.92 Å². The molecule has 4 rings (SSSR count). The Kier molecular flexibility index (Phi) is 7.14. The van der Waals surface area contributed by atoms with Gasteiger partial charge in [-0.2, -0.15) is 0 Å². The normalized spacial score (nSPS) is 12.7. The third-order valence-electron chi connectivity index (χ3n) is 5.94. The second kappa shape index (κ2) is 10.2. The summed E-state index contributed by atoms with van der Waals surface area (Å²) in [6, 6.07) is 12.2. The van der Waals surface area contributed by atoms with Gasteiger partial charge in [-0.25, -0.2) is 4.79 Å². The molecule has 3 aromatic rings. The molecule has 0 atom stereocenters. The minimum atomic E-state index is -0.433. The summed E-state index contributed by atoms with van der Waals surface area (Å²) in [6.07, 6.45) is 4.57. The molecule has 0 fully saturated rings. The van der Waals surface area contributed by atoms with Gasteiger partial charge in [-0.05, 0) is 74.3 Å². The minimum Gasteiger partial charge on any atom is -0.483 e. The molecule has 0 unspecified atom stereocenters. The lowest BCUT2D eigenvalue weighted by atomic mass is 9.89. The van der Waals surface area contributed by atoms with Crippen molar-refractivity contribution < 1.29 is 19.1 Å². The fourth-order valence-electron chi connectivity index (χ4n) is 4.30. The van der Waals surface area contributed by atoms with Crippen LogP contribution in [0.25, 0.3) is 11.1 Å². The van der Waals surface area contributed by atoms with Gasteiger partial charge < -0.3 is 14.8 Å². The number of hydrogen-bond acceptors (Lipinski definition) is 5. The number of esters is 1. The highest BCUT2D eigenvalue weighted by Gasteiger charge is 2.24. The van der Waals surface area contributed by atoms with Crippen LogP contribution in [0.1, 0.15) is 52.4 Å². The second-order valence-electron chi connectivity index (χ2n) is 8.32. The molecule has 5 nitrogen and oxygen atoms in total. The van der Waals surface area contributed by atoms with Gasteiger partial charge in [0.25, 0.3) is 5.91 Å². The lowest BCUT2D eigenvalue weighted by molar-refractivity contribution is -0.118. The molecule has 0 saturated carbocycles. The average Bonchev–Trinajstić information content (AvgIpc) is 3.22. The summed E-state index contributed by atoms with van der Waals surface area (Å²) in [5, 5.41) is 5.26. The first kappa shape index (κ1) is 23.1. The predicted molar refractivity (Wildman–Crippen MR) is 132 cm³/mol. The number of carbonyl (C=O) groups is 2. The third kappa shape index (κ3) is 5.11. The lowest BCUT2D eigenvalue weighted by Gasteiger charge is -2.17. The van der Waals surface area contributed by atoms with Gasteiger partial charge in [-0.1, -0.05) is 36.4 Å². The van der Waals surface area contributed by atoms with Gasteiger partial charge in [0.05, 0.1) is 6.61 Å². The summed E-state index contributed by atoms with van der Waals surface area (Å²) in [5.41, 5.74) is 6.84. The molecule has 172 valence electrons. The highest BCUT2D eigenvalue weighted by Crippen LogP contribution is 2.38. The predicted octanol–water partition coefficient (Wildman–Crippen LogP) is 6.10.